The summed E-state index contributed by atoms with van der Waals surface area (Å²) in [7, 11) is 0. The highest BCUT2D eigenvalue weighted by Crippen LogP contribution is 2.28. The predicted octanol–water partition coefficient (Wildman–Crippen LogP) is 2.55. The van der Waals surface area contributed by atoms with Gasteiger partial charge in [-0.05, 0) is 12.5 Å². The summed E-state index contributed by atoms with van der Waals surface area (Å²) in [5.74, 6) is -0.528. The molecule has 0 atom stereocenters. The number of hydrogen-bond donors (Lipinski definition) is 1. The summed E-state index contributed by atoms with van der Waals surface area (Å²) in [6.45, 7) is 1.92. The largest absolute Gasteiger partial charge is 0.365 e. The molecule has 0 spiro atoms. The summed E-state index contributed by atoms with van der Waals surface area (Å²) in [5, 5.41) is 1.16. The zero-order valence-corrected chi connectivity index (χ0v) is 9.58. The maximum atomic E-state index is 11.3. The van der Waals surface area contributed by atoms with Crippen molar-refractivity contribution in [1.82, 2.24) is 4.98 Å². The van der Waals surface area contributed by atoms with Gasteiger partial charge in [0.1, 0.15) is 0 Å². The number of fused-ring (bicyclic) bond motifs is 1. The van der Waals surface area contributed by atoms with E-state index >= 15 is 0 Å². The van der Waals surface area contributed by atoms with Gasteiger partial charge in [-0.25, -0.2) is 0 Å². The van der Waals surface area contributed by atoms with Crippen molar-refractivity contribution in [3.8, 4) is 0 Å². The zero-order chi connectivity index (χ0) is 11.7. The first-order valence-corrected chi connectivity index (χ1v) is 5.39. The SMILES string of the molecule is CCc1nc2ccccc2c(Cl)c1C(N)=O. The molecule has 0 aliphatic rings. The highest BCUT2D eigenvalue weighted by molar-refractivity contribution is 6.38. The molecule has 3 nitrogen and oxygen atoms in total. The van der Waals surface area contributed by atoms with E-state index in [4.69, 9.17) is 17.3 Å². The minimum Gasteiger partial charge on any atom is -0.365 e. The third-order valence-corrected chi connectivity index (χ3v) is 2.88. The summed E-state index contributed by atoms with van der Waals surface area (Å²) in [5.41, 5.74) is 7.09. The van der Waals surface area contributed by atoms with Gasteiger partial charge in [0.25, 0.3) is 5.91 Å². The number of carbonyl (C=O) groups is 1. The fourth-order valence-electron chi connectivity index (χ4n) is 1.73. The maximum absolute atomic E-state index is 11.3. The second-order valence-electron chi connectivity index (χ2n) is 3.48. The molecule has 1 aromatic heterocycles. The predicted molar refractivity (Wildman–Crippen MR) is 64.6 cm³/mol. The standard InChI is InChI=1S/C12H11ClN2O/c1-2-8-10(12(14)16)11(13)7-5-3-4-6-9(7)15-8/h3-6H,2H2,1H3,(H2,14,16). The molecule has 2 rings (SSSR count). The average molecular weight is 235 g/mol. The Kier molecular flexibility index (Phi) is 2.79. The van der Waals surface area contributed by atoms with Crippen molar-refractivity contribution in [2.75, 3.05) is 0 Å². The van der Waals surface area contributed by atoms with Crippen LogP contribution in [0.15, 0.2) is 24.3 Å². The lowest BCUT2D eigenvalue weighted by molar-refractivity contribution is 0.0999. The molecule has 2 aromatic rings. The fraction of sp³-hybridized carbons (Fsp3) is 0.167. The van der Waals surface area contributed by atoms with Gasteiger partial charge in [-0.1, -0.05) is 36.7 Å². The third kappa shape index (κ3) is 1.63. The van der Waals surface area contributed by atoms with Crippen LogP contribution < -0.4 is 5.73 Å². The monoisotopic (exact) mass is 234 g/mol. The molecular formula is C12H11ClN2O. The molecule has 0 bridgehead atoms. The lowest BCUT2D eigenvalue weighted by Crippen LogP contribution is -2.15. The van der Waals surface area contributed by atoms with Gasteiger partial charge in [-0.2, -0.15) is 0 Å². The number of aryl methyl sites for hydroxylation is 1. The van der Waals surface area contributed by atoms with Gasteiger partial charge >= 0.3 is 0 Å². The van der Waals surface area contributed by atoms with Crippen LogP contribution in [0.5, 0.6) is 0 Å². The number of nitrogens with two attached hydrogens (primary N) is 1. The molecule has 0 aliphatic carbocycles. The highest BCUT2D eigenvalue weighted by Gasteiger charge is 2.16. The molecule has 0 aliphatic heterocycles. The Balaban J connectivity index is 2.87. The quantitative estimate of drug-likeness (QED) is 0.868. The Bertz CT molecular complexity index is 566. The molecule has 0 saturated heterocycles. The molecule has 0 radical (unpaired) electrons. The number of amides is 1. The summed E-state index contributed by atoms with van der Waals surface area (Å²) >= 11 is 6.18. The first kappa shape index (κ1) is 10.9. The van der Waals surface area contributed by atoms with Crippen molar-refractivity contribution in [2.45, 2.75) is 13.3 Å². The first-order chi connectivity index (χ1) is 7.65. The second-order valence-corrected chi connectivity index (χ2v) is 3.86. The molecule has 1 aromatic carbocycles. The number of hydrogen-bond acceptors (Lipinski definition) is 2. The number of halogens is 1. The molecule has 0 unspecified atom stereocenters. The van der Waals surface area contributed by atoms with Crippen molar-refractivity contribution in [3.05, 3.63) is 40.5 Å². The van der Waals surface area contributed by atoms with E-state index in [1.807, 2.05) is 31.2 Å². The van der Waals surface area contributed by atoms with Crippen molar-refractivity contribution in [3.63, 3.8) is 0 Å². The molecule has 82 valence electrons. The Morgan fingerprint density at radius 3 is 2.75 bits per heavy atom. The maximum Gasteiger partial charge on any atom is 0.252 e. The Hall–Kier alpha value is -1.61. The number of primary amides is 1. The minimum absolute atomic E-state index is 0.336. The van der Waals surface area contributed by atoms with Crippen LogP contribution in [0, 0.1) is 0 Å². The fourth-order valence-corrected chi connectivity index (χ4v) is 2.09. The average Bonchev–Trinajstić information content (AvgIpc) is 2.28. The van der Waals surface area contributed by atoms with Gasteiger partial charge in [0.15, 0.2) is 0 Å². The van der Waals surface area contributed by atoms with E-state index in [-0.39, 0.29) is 0 Å². The van der Waals surface area contributed by atoms with Crippen LogP contribution in [0.25, 0.3) is 10.9 Å². The molecule has 0 saturated carbocycles. The number of pyridine rings is 1. The van der Waals surface area contributed by atoms with E-state index in [1.165, 1.54) is 0 Å². The number of rotatable bonds is 2. The van der Waals surface area contributed by atoms with Crippen LogP contribution >= 0.6 is 11.6 Å². The Morgan fingerprint density at radius 1 is 1.44 bits per heavy atom. The minimum atomic E-state index is -0.528. The summed E-state index contributed by atoms with van der Waals surface area (Å²) in [6.07, 6.45) is 0.628. The number of aromatic nitrogens is 1. The van der Waals surface area contributed by atoms with E-state index < -0.39 is 5.91 Å². The molecule has 1 amide bonds. The molecule has 2 N–H and O–H groups in total. The summed E-state index contributed by atoms with van der Waals surface area (Å²) in [4.78, 5) is 15.7. The topological polar surface area (TPSA) is 56.0 Å². The smallest absolute Gasteiger partial charge is 0.252 e. The summed E-state index contributed by atoms with van der Waals surface area (Å²) in [6, 6.07) is 7.43. The van der Waals surface area contributed by atoms with Gasteiger partial charge in [-0.3, -0.25) is 9.78 Å². The van der Waals surface area contributed by atoms with Crippen molar-refractivity contribution in [1.29, 1.82) is 0 Å². The van der Waals surface area contributed by atoms with E-state index in [0.717, 1.165) is 10.9 Å². The first-order valence-electron chi connectivity index (χ1n) is 5.02. The van der Waals surface area contributed by atoms with Crippen LogP contribution in [0.2, 0.25) is 5.02 Å². The van der Waals surface area contributed by atoms with E-state index in [0.29, 0.717) is 22.7 Å². The molecule has 0 fully saturated rings. The van der Waals surface area contributed by atoms with Gasteiger partial charge in [0.05, 0.1) is 21.8 Å². The van der Waals surface area contributed by atoms with Gasteiger partial charge < -0.3 is 5.73 Å². The third-order valence-electron chi connectivity index (χ3n) is 2.49. The van der Waals surface area contributed by atoms with Crippen LogP contribution in [0.4, 0.5) is 0 Å². The van der Waals surface area contributed by atoms with E-state index in [2.05, 4.69) is 4.98 Å². The lowest BCUT2D eigenvalue weighted by Gasteiger charge is -2.09. The molecule has 1 heterocycles. The van der Waals surface area contributed by atoms with Crippen LogP contribution in [0.1, 0.15) is 23.0 Å². The number of nitrogens with zero attached hydrogens (tertiary/aromatic N) is 1. The molecular weight excluding hydrogens is 224 g/mol. The van der Waals surface area contributed by atoms with Crippen LogP contribution in [-0.2, 0) is 6.42 Å². The van der Waals surface area contributed by atoms with Crippen LogP contribution in [-0.4, -0.2) is 10.9 Å². The van der Waals surface area contributed by atoms with Crippen molar-refractivity contribution < 1.29 is 4.79 Å². The normalized spacial score (nSPS) is 10.6. The van der Waals surface area contributed by atoms with E-state index in [9.17, 15) is 4.79 Å². The number of carbonyl (C=O) groups excluding carboxylic acids is 1. The van der Waals surface area contributed by atoms with Crippen LogP contribution in [0.3, 0.4) is 0 Å². The van der Waals surface area contributed by atoms with Crippen molar-refractivity contribution >= 4 is 28.4 Å². The lowest BCUT2D eigenvalue weighted by atomic mass is 10.1. The van der Waals surface area contributed by atoms with Gasteiger partial charge in [0.2, 0.25) is 0 Å². The number of para-hydroxylation sites is 1. The number of benzene rings is 1. The van der Waals surface area contributed by atoms with Gasteiger partial charge in [-0.15, -0.1) is 0 Å². The van der Waals surface area contributed by atoms with Gasteiger partial charge in [0, 0.05) is 5.39 Å². The van der Waals surface area contributed by atoms with Crippen molar-refractivity contribution in [2.24, 2.45) is 5.73 Å². The zero-order valence-electron chi connectivity index (χ0n) is 8.83. The highest BCUT2D eigenvalue weighted by atomic mass is 35.5. The van der Waals surface area contributed by atoms with E-state index in [1.54, 1.807) is 0 Å². The second kappa shape index (κ2) is 4.10. The molecule has 4 heteroatoms. The summed E-state index contributed by atoms with van der Waals surface area (Å²) < 4.78 is 0. The molecule has 16 heavy (non-hydrogen) atoms. The Morgan fingerprint density at radius 2 is 2.12 bits per heavy atom. The Labute approximate surface area is 98.2 Å².